The summed E-state index contributed by atoms with van der Waals surface area (Å²) in [6, 6.07) is 4.72. The molecule has 0 aliphatic heterocycles. The smallest absolute Gasteiger partial charge is 0.303 e. The first-order chi connectivity index (χ1) is 9.34. The fourth-order valence-electron chi connectivity index (χ4n) is 2.71. The summed E-state index contributed by atoms with van der Waals surface area (Å²) in [6.45, 7) is 0.819. The molecular weight excluding hydrogens is 266 g/mol. The van der Waals surface area contributed by atoms with Crippen molar-refractivity contribution in [2.45, 2.75) is 38.0 Å². The average molecular weight is 284 g/mol. The van der Waals surface area contributed by atoms with E-state index in [0.29, 0.717) is 5.56 Å². The number of hydrogen-bond donors (Lipinski definition) is 1. The highest BCUT2D eigenvalue weighted by Crippen LogP contribution is 2.49. The van der Waals surface area contributed by atoms with Crippen LogP contribution in [0.25, 0.3) is 0 Å². The number of carboxylic acids is 1. The highest BCUT2D eigenvalue weighted by Gasteiger charge is 2.40. The number of alkyl halides is 2. The Morgan fingerprint density at radius 3 is 2.60 bits per heavy atom. The second kappa shape index (κ2) is 5.38. The molecule has 0 radical (unpaired) electrons. The fraction of sp³-hybridized carbons (Fsp3) is 0.533. The highest BCUT2D eigenvalue weighted by molar-refractivity contribution is 5.68. The van der Waals surface area contributed by atoms with E-state index in [1.165, 1.54) is 13.2 Å². The van der Waals surface area contributed by atoms with Gasteiger partial charge < -0.3 is 9.84 Å². The van der Waals surface area contributed by atoms with Crippen LogP contribution in [0.1, 0.15) is 43.2 Å². The van der Waals surface area contributed by atoms with Crippen LogP contribution in [0.3, 0.4) is 0 Å². The van der Waals surface area contributed by atoms with Crippen LogP contribution in [-0.4, -0.2) is 18.2 Å². The van der Waals surface area contributed by atoms with E-state index in [0.717, 1.165) is 19.8 Å². The Labute approximate surface area is 116 Å². The summed E-state index contributed by atoms with van der Waals surface area (Å²) in [5.41, 5.74) is 0.224. The number of aliphatic carboxylic acids is 1. The summed E-state index contributed by atoms with van der Waals surface area (Å²) < 4.78 is 32.9. The van der Waals surface area contributed by atoms with E-state index in [9.17, 15) is 13.6 Å². The first kappa shape index (κ1) is 14.8. The number of carboxylic acid groups (broad SMARTS) is 1. The van der Waals surface area contributed by atoms with Crippen molar-refractivity contribution in [2.75, 3.05) is 7.11 Å². The molecule has 1 N–H and O–H groups in total. The molecule has 0 heterocycles. The maximum Gasteiger partial charge on any atom is 0.303 e. The standard InChI is InChI=1S/C15H18F2O3/c1-15(16,17)14-10(4-3-5-12(14)20-2)11(8-13(18)19)9-6-7-9/h3-5,9,11H,6-8H2,1-2H3,(H,18,19). The van der Waals surface area contributed by atoms with E-state index < -0.39 is 11.9 Å². The van der Waals surface area contributed by atoms with Crippen LogP contribution in [0, 0.1) is 5.92 Å². The molecule has 20 heavy (non-hydrogen) atoms. The van der Waals surface area contributed by atoms with Crippen molar-refractivity contribution >= 4 is 5.97 Å². The zero-order valence-electron chi connectivity index (χ0n) is 11.5. The van der Waals surface area contributed by atoms with E-state index in [1.54, 1.807) is 12.1 Å². The van der Waals surface area contributed by atoms with Crippen LogP contribution in [0.15, 0.2) is 18.2 Å². The van der Waals surface area contributed by atoms with Gasteiger partial charge in [-0.25, -0.2) is 8.78 Å². The molecule has 0 saturated heterocycles. The van der Waals surface area contributed by atoms with Gasteiger partial charge in [0.1, 0.15) is 5.75 Å². The second-order valence-corrected chi connectivity index (χ2v) is 5.35. The normalized spacial score (nSPS) is 16.8. The van der Waals surface area contributed by atoms with Crippen molar-refractivity contribution in [1.29, 1.82) is 0 Å². The molecule has 1 aromatic carbocycles. The molecule has 1 aliphatic rings. The molecule has 110 valence electrons. The minimum absolute atomic E-state index is 0.117. The number of carbonyl (C=O) groups is 1. The molecule has 5 heteroatoms. The topological polar surface area (TPSA) is 46.5 Å². The molecule has 1 atom stereocenters. The zero-order chi connectivity index (χ0) is 14.9. The van der Waals surface area contributed by atoms with Crippen molar-refractivity contribution < 1.29 is 23.4 Å². The molecule has 1 saturated carbocycles. The quantitative estimate of drug-likeness (QED) is 0.864. The van der Waals surface area contributed by atoms with Gasteiger partial charge in [0, 0.05) is 6.92 Å². The third-order valence-electron chi connectivity index (χ3n) is 3.70. The van der Waals surface area contributed by atoms with Gasteiger partial charge in [-0.3, -0.25) is 4.79 Å². The average Bonchev–Trinajstić information content (AvgIpc) is 3.17. The predicted molar refractivity (Wildman–Crippen MR) is 70.3 cm³/mol. The summed E-state index contributed by atoms with van der Waals surface area (Å²) in [4.78, 5) is 11.0. The van der Waals surface area contributed by atoms with Crippen molar-refractivity contribution in [1.82, 2.24) is 0 Å². The molecule has 1 fully saturated rings. The van der Waals surface area contributed by atoms with Gasteiger partial charge in [-0.05, 0) is 36.3 Å². The van der Waals surface area contributed by atoms with E-state index in [2.05, 4.69) is 0 Å². The largest absolute Gasteiger partial charge is 0.496 e. The van der Waals surface area contributed by atoms with Gasteiger partial charge in [-0.15, -0.1) is 0 Å². The molecular formula is C15H18F2O3. The van der Waals surface area contributed by atoms with Crippen molar-refractivity contribution in [3.8, 4) is 5.75 Å². The van der Waals surface area contributed by atoms with Gasteiger partial charge in [0.05, 0.1) is 19.1 Å². The third kappa shape index (κ3) is 3.08. The molecule has 0 aromatic heterocycles. The van der Waals surface area contributed by atoms with Crippen molar-refractivity contribution in [3.05, 3.63) is 29.3 Å². The Bertz CT molecular complexity index is 504. The van der Waals surface area contributed by atoms with Crippen LogP contribution >= 0.6 is 0 Å². The SMILES string of the molecule is COc1cccc(C(CC(=O)O)C2CC2)c1C(C)(F)F. The number of ether oxygens (including phenoxy) is 1. The molecule has 1 aromatic rings. The minimum atomic E-state index is -3.06. The van der Waals surface area contributed by atoms with Crippen LogP contribution in [0.2, 0.25) is 0 Å². The number of methoxy groups -OCH3 is 1. The van der Waals surface area contributed by atoms with Gasteiger partial charge in [-0.1, -0.05) is 12.1 Å². The predicted octanol–water partition coefficient (Wildman–Crippen LogP) is 3.78. The van der Waals surface area contributed by atoms with E-state index in [-0.39, 0.29) is 29.6 Å². The van der Waals surface area contributed by atoms with E-state index in [4.69, 9.17) is 9.84 Å². The summed E-state index contributed by atoms with van der Waals surface area (Å²) in [5.74, 6) is -4.10. The molecule has 3 nitrogen and oxygen atoms in total. The highest BCUT2D eigenvalue weighted by atomic mass is 19.3. The fourth-order valence-corrected chi connectivity index (χ4v) is 2.71. The maximum atomic E-state index is 13.9. The molecule has 1 aliphatic carbocycles. The molecule has 0 amide bonds. The lowest BCUT2D eigenvalue weighted by atomic mass is 9.85. The number of hydrogen-bond acceptors (Lipinski definition) is 2. The summed E-state index contributed by atoms with van der Waals surface area (Å²) >= 11 is 0. The first-order valence-corrected chi connectivity index (χ1v) is 6.61. The Kier molecular flexibility index (Phi) is 3.97. The summed E-state index contributed by atoms with van der Waals surface area (Å²) in [7, 11) is 1.34. The van der Waals surface area contributed by atoms with Crippen LogP contribution < -0.4 is 4.74 Å². The van der Waals surface area contributed by atoms with Crippen LogP contribution in [0.5, 0.6) is 5.75 Å². The Morgan fingerprint density at radius 1 is 1.50 bits per heavy atom. The number of benzene rings is 1. The molecule has 0 bridgehead atoms. The number of rotatable bonds is 6. The monoisotopic (exact) mass is 284 g/mol. The third-order valence-corrected chi connectivity index (χ3v) is 3.70. The summed E-state index contributed by atoms with van der Waals surface area (Å²) in [5, 5.41) is 9.02. The van der Waals surface area contributed by atoms with Gasteiger partial charge >= 0.3 is 5.97 Å². The van der Waals surface area contributed by atoms with Crippen molar-refractivity contribution in [3.63, 3.8) is 0 Å². The van der Waals surface area contributed by atoms with Crippen LogP contribution in [0.4, 0.5) is 8.78 Å². The second-order valence-electron chi connectivity index (χ2n) is 5.35. The lowest BCUT2D eigenvalue weighted by molar-refractivity contribution is -0.137. The Morgan fingerprint density at radius 2 is 2.15 bits per heavy atom. The van der Waals surface area contributed by atoms with Gasteiger partial charge in [-0.2, -0.15) is 0 Å². The van der Waals surface area contributed by atoms with Crippen molar-refractivity contribution in [2.24, 2.45) is 5.92 Å². The Balaban J connectivity index is 2.50. The lowest BCUT2D eigenvalue weighted by Gasteiger charge is -2.24. The zero-order valence-corrected chi connectivity index (χ0v) is 11.5. The first-order valence-electron chi connectivity index (χ1n) is 6.61. The van der Waals surface area contributed by atoms with Gasteiger partial charge in [0.2, 0.25) is 0 Å². The molecule has 0 spiro atoms. The molecule has 2 rings (SSSR count). The molecule has 1 unspecified atom stereocenters. The minimum Gasteiger partial charge on any atom is -0.496 e. The lowest BCUT2D eigenvalue weighted by Crippen LogP contribution is -2.17. The summed E-state index contributed by atoms with van der Waals surface area (Å²) in [6.07, 6.45) is 1.66. The number of halogens is 2. The van der Waals surface area contributed by atoms with E-state index >= 15 is 0 Å². The van der Waals surface area contributed by atoms with Gasteiger partial charge in [0.25, 0.3) is 5.92 Å². The van der Waals surface area contributed by atoms with E-state index in [1.807, 2.05) is 0 Å². The van der Waals surface area contributed by atoms with Gasteiger partial charge in [0.15, 0.2) is 0 Å². The Hall–Kier alpha value is -1.65. The van der Waals surface area contributed by atoms with Crippen LogP contribution in [-0.2, 0) is 10.7 Å². The maximum absolute atomic E-state index is 13.9.